The molecule has 3 unspecified atom stereocenters. The van der Waals surface area contributed by atoms with E-state index in [0.29, 0.717) is 25.7 Å². The Hall–Kier alpha value is -1.94. The van der Waals surface area contributed by atoms with Gasteiger partial charge in [0.15, 0.2) is 12.2 Å². The van der Waals surface area contributed by atoms with Gasteiger partial charge in [0.2, 0.25) is 0 Å². The van der Waals surface area contributed by atoms with E-state index < -0.39 is 97.5 Å². The molecule has 0 aromatic carbocycles. The number of esters is 4. The smallest absolute Gasteiger partial charge is 0.462 e. The van der Waals surface area contributed by atoms with E-state index >= 15 is 0 Å². The van der Waals surface area contributed by atoms with Crippen LogP contribution in [-0.2, 0) is 65.4 Å². The van der Waals surface area contributed by atoms with E-state index in [1.54, 1.807) is 0 Å². The predicted molar refractivity (Wildman–Crippen MR) is 391 cm³/mol. The Morgan fingerprint density at radius 1 is 0.302 bits per heavy atom. The highest BCUT2D eigenvalue weighted by molar-refractivity contribution is 7.47. The maximum atomic E-state index is 13.1. The van der Waals surface area contributed by atoms with Gasteiger partial charge in [-0.1, -0.05) is 344 Å². The first-order valence-corrected chi connectivity index (χ1v) is 42.9. The minimum atomic E-state index is -4.96. The number of rotatable bonds is 75. The third-order valence-corrected chi connectivity index (χ3v) is 20.1. The fraction of sp³-hybridized carbons (Fsp3) is 0.948. The first-order chi connectivity index (χ1) is 46.3. The van der Waals surface area contributed by atoms with E-state index in [4.69, 9.17) is 37.0 Å². The summed E-state index contributed by atoms with van der Waals surface area (Å²) in [6.07, 6.45) is 54.1. The van der Waals surface area contributed by atoms with Crippen molar-refractivity contribution in [1.29, 1.82) is 0 Å². The zero-order valence-corrected chi connectivity index (χ0v) is 64.6. The largest absolute Gasteiger partial charge is 0.472 e. The number of carbonyl (C=O) groups is 4. The molecule has 0 aliphatic rings. The van der Waals surface area contributed by atoms with Gasteiger partial charge in [-0.2, -0.15) is 0 Å². The molecule has 6 atom stereocenters. The lowest BCUT2D eigenvalue weighted by atomic mass is 10.00. The van der Waals surface area contributed by atoms with E-state index in [-0.39, 0.29) is 25.7 Å². The highest BCUT2D eigenvalue weighted by Crippen LogP contribution is 2.45. The molecule has 0 aliphatic heterocycles. The highest BCUT2D eigenvalue weighted by Gasteiger charge is 2.30. The van der Waals surface area contributed by atoms with Gasteiger partial charge in [0.1, 0.15) is 19.3 Å². The van der Waals surface area contributed by atoms with Crippen molar-refractivity contribution in [2.24, 2.45) is 17.8 Å². The second-order valence-electron chi connectivity index (χ2n) is 28.9. The fourth-order valence-electron chi connectivity index (χ4n) is 11.7. The van der Waals surface area contributed by atoms with Gasteiger partial charge in [-0.05, 0) is 43.4 Å². The van der Waals surface area contributed by atoms with Crippen LogP contribution in [0.4, 0.5) is 0 Å². The molecule has 0 fully saturated rings. The maximum Gasteiger partial charge on any atom is 0.472 e. The standard InChI is InChI=1S/C77H150O17P2/c1-8-10-11-12-13-14-15-16-18-22-25-31-36-44-51-58-74(79)87-64-72(93-76(81)60-53-46-37-32-26-23-20-17-19-21-24-29-34-41-48-55-68(3)4)66-91-95(83,84)89-62-71(78)63-90-96(85,86)92-67-73(65-88-75(80)59-52-45-40-39-43-50-57-70(7)9-2)94-77(82)61-54-47-38-33-28-27-30-35-42-49-56-69(5)6/h68-73,78H,8-67H2,1-7H3,(H,83,84)(H,85,86)/t70?,71-,72-,73-/m1/s1. The molecule has 0 rings (SSSR count). The number of carbonyl (C=O) groups excluding carboxylic acids is 4. The normalized spacial score (nSPS) is 14.3. The molecule has 0 bridgehead atoms. The molecule has 0 spiro atoms. The average Bonchev–Trinajstić information content (AvgIpc) is 1.73. The number of hydrogen-bond donors (Lipinski definition) is 3. The number of ether oxygens (including phenoxy) is 4. The van der Waals surface area contributed by atoms with Crippen molar-refractivity contribution in [2.45, 2.75) is 414 Å². The predicted octanol–water partition coefficient (Wildman–Crippen LogP) is 22.6. The van der Waals surface area contributed by atoms with Crippen LogP contribution in [0.1, 0.15) is 395 Å². The topological polar surface area (TPSA) is 237 Å². The molecule has 96 heavy (non-hydrogen) atoms. The Labute approximate surface area is 588 Å². The summed E-state index contributed by atoms with van der Waals surface area (Å²) in [5.74, 6) is 0.169. The second kappa shape index (κ2) is 67.5. The van der Waals surface area contributed by atoms with Crippen molar-refractivity contribution in [3.63, 3.8) is 0 Å². The van der Waals surface area contributed by atoms with Crippen molar-refractivity contribution in [3.8, 4) is 0 Å². The summed E-state index contributed by atoms with van der Waals surface area (Å²) in [6.45, 7) is 11.9. The molecule has 0 radical (unpaired) electrons. The molecule has 570 valence electrons. The number of phosphoric acid groups is 2. The lowest BCUT2D eigenvalue weighted by Crippen LogP contribution is -2.30. The maximum absolute atomic E-state index is 13.1. The quantitative estimate of drug-likeness (QED) is 0.0222. The van der Waals surface area contributed by atoms with Gasteiger partial charge in [-0.25, -0.2) is 9.13 Å². The average molecular weight is 1410 g/mol. The van der Waals surface area contributed by atoms with Gasteiger partial charge >= 0.3 is 39.5 Å². The minimum Gasteiger partial charge on any atom is -0.462 e. The molecule has 3 N–H and O–H groups in total. The Morgan fingerprint density at radius 3 is 0.792 bits per heavy atom. The Bertz CT molecular complexity index is 1870. The summed E-state index contributed by atoms with van der Waals surface area (Å²) < 4.78 is 68.6. The molecular formula is C77H150O17P2. The van der Waals surface area contributed by atoms with Crippen LogP contribution in [0.3, 0.4) is 0 Å². The molecule has 0 aromatic heterocycles. The SMILES string of the molecule is CCCCCCCCCCCCCCCCCC(=O)OC[C@H](COP(=O)(O)OC[C@@H](O)COP(=O)(O)OC[C@@H](COC(=O)CCCCCCCCC(C)CC)OC(=O)CCCCCCCCCCCCC(C)C)OC(=O)CCCCCCCCCCCCCCCCCC(C)C. The molecular weight excluding hydrogens is 1260 g/mol. The zero-order valence-electron chi connectivity index (χ0n) is 62.8. The van der Waals surface area contributed by atoms with E-state index in [1.807, 2.05) is 0 Å². The monoisotopic (exact) mass is 1410 g/mol. The van der Waals surface area contributed by atoms with Gasteiger partial charge < -0.3 is 33.8 Å². The van der Waals surface area contributed by atoms with Crippen LogP contribution >= 0.6 is 15.6 Å². The number of hydrogen-bond acceptors (Lipinski definition) is 15. The van der Waals surface area contributed by atoms with Gasteiger partial charge in [-0.3, -0.25) is 37.3 Å². The zero-order chi connectivity index (χ0) is 70.9. The summed E-state index contributed by atoms with van der Waals surface area (Å²) >= 11 is 0. The molecule has 0 saturated carbocycles. The summed E-state index contributed by atoms with van der Waals surface area (Å²) in [5.41, 5.74) is 0. The summed E-state index contributed by atoms with van der Waals surface area (Å²) in [4.78, 5) is 72.9. The number of phosphoric ester groups is 2. The summed E-state index contributed by atoms with van der Waals surface area (Å²) in [7, 11) is -9.91. The van der Waals surface area contributed by atoms with Crippen LogP contribution in [0, 0.1) is 17.8 Å². The molecule has 0 heterocycles. The van der Waals surface area contributed by atoms with Crippen LogP contribution in [-0.4, -0.2) is 96.7 Å². The van der Waals surface area contributed by atoms with Gasteiger partial charge in [0.25, 0.3) is 0 Å². The molecule has 0 saturated heterocycles. The van der Waals surface area contributed by atoms with E-state index in [9.17, 15) is 43.2 Å². The number of unbranched alkanes of at least 4 members (excludes halogenated alkanes) is 42. The molecule has 19 heteroatoms. The van der Waals surface area contributed by atoms with Gasteiger partial charge in [-0.15, -0.1) is 0 Å². The molecule has 0 amide bonds. The minimum absolute atomic E-state index is 0.105. The van der Waals surface area contributed by atoms with Crippen LogP contribution in [0.25, 0.3) is 0 Å². The molecule has 0 aromatic rings. The number of aliphatic hydroxyl groups is 1. The lowest BCUT2D eigenvalue weighted by Gasteiger charge is -2.21. The first-order valence-electron chi connectivity index (χ1n) is 39.9. The lowest BCUT2D eigenvalue weighted by molar-refractivity contribution is -0.161. The second-order valence-corrected chi connectivity index (χ2v) is 31.8. The Balaban J connectivity index is 5.25. The van der Waals surface area contributed by atoms with Crippen molar-refractivity contribution >= 4 is 39.5 Å². The summed E-state index contributed by atoms with van der Waals surface area (Å²) in [5, 5.41) is 10.6. The molecule has 17 nitrogen and oxygen atoms in total. The van der Waals surface area contributed by atoms with Crippen LogP contribution in [0.15, 0.2) is 0 Å². The summed E-state index contributed by atoms with van der Waals surface area (Å²) in [6, 6.07) is 0. The highest BCUT2D eigenvalue weighted by atomic mass is 31.2. The third kappa shape index (κ3) is 69.2. The number of aliphatic hydroxyl groups excluding tert-OH is 1. The van der Waals surface area contributed by atoms with Crippen molar-refractivity contribution in [3.05, 3.63) is 0 Å². The van der Waals surface area contributed by atoms with Crippen LogP contribution in [0.2, 0.25) is 0 Å². The van der Waals surface area contributed by atoms with Gasteiger partial charge in [0, 0.05) is 25.7 Å². The fourth-order valence-corrected chi connectivity index (χ4v) is 13.3. The van der Waals surface area contributed by atoms with E-state index in [2.05, 4.69) is 48.5 Å². The van der Waals surface area contributed by atoms with E-state index in [0.717, 1.165) is 114 Å². The molecule has 0 aliphatic carbocycles. The van der Waals surface area contributed by atoms with Crippen molar-refractivity contribution in [2.75, 3.05) is 39.6 Å². The Kier molecular flexibility index (Phi) is 66.2. The Morgan fingerprint density at radius 2 is 0.531 bits per heavy atom. The van der Waals surface area contributed by atoms with E-state index in [1.165, 1.54) is 199 Å². The van der Waals surface area contributed by atoms with Crippen molar-refractivity contribution in [1.82, 2.24) is 0 Å². The van der Waals surface area contributed by atoms with Crippen molar-refractivity contribution < 1.29 is 80.2 Å². The first kappa shape index (κ1) is 94.1. The third-order valence-electron chi connectivity index (χ3n) is 18.2. The van der Waals surface area contributed by atoms with Crippen LogP contribution in [0.5, 0.6) is 0 Å². The van der Waals surface area contributed by atoms with Gasteiger partial charge in [0.05, 0.1) is 26.4 Å². The van der Waals surface area contributed by atoms with Crippen LogP contribution < -0.4 is 0 Å².